The predicted molar refractivity (Wildman–Crippen MR) is 49.7 cm³/mol. The normalized spacial score (nSPS) is 8.87. The molecule has 0 spiro atoms. The van der Waals surface area contributed by atoms with Crippen LogP contribution >= 0.6 is 0 Å². The van der Waals surface area contributed by atoms with E-state index in [-0.39, 0.29) is 43.3 Å². The largest absolute Gasteiger partial charge is 1.00 e. The molecule has 0 saturated carbocycles. The van der Waals surface area contributed by atoms with Gasteiger partial charge in [0.1, 0.15) is 6.61 Å². The third kappa shape index (κ3) is 4.42. The Labute approximate surface area is 110 Å². The van der Waals surface area contributed by atoms with E-state index in [4.69, 9.17) is 0 Å². The molecule has 0 aliphatic rings. The summed E-state index contributed by atoms with van der Waals surface area (Å²) in [6.07, 6.45) is 0. The monoisotopic (exact) mass is 219 g/mol. The molecule has 5 nitrogen and oxygen atoms in total. The molecular weight excluding hydrogens is 209 g/mol. The third-order valence-electron chi connectivity index (χ3n) is 1.62. The Morgan fingerprint density at radius 1 is 1.53 bits per heavy atom. The minimum atomic E-state index is -0.501. The summed E-state index contributed by atoms with van der Waals surface area (Å²) in [6, 6.07) is 6.15. The Balaban J connectivity index is 0. The first-order valence-corrected chi connectivity index (χ1v) is 3.97. The van der Waals surface area contributed by atoms with Crippen molar-refractivity contribution in [3.8, 4) is 0 Å². The first kappa shape index (κ1) is 14.1. The van der Waals surface area contributed by atoms with Crippen LogP contribution in [0.15, 0.2) is 24.3 Å². The fourth-order valence-corrected chi connectivity index (χ4v) is 0.990. The predicted octanol–water partition coefficient (Wildman–Crippen LogP) is -1.23. The van der Waals surface area contributed by atoms with Crippen LogP contribution < -0.4 is 29.6 Å². The van der Waals surface area contributed by atoms with Crippen molar-refractivity contribution in [3.05, 3.63) is 39.9 Å². The summed E-state index contributed by atoms with van der Waals surface area (Å²) >= 11 is 0. The molecule has 0 bridgehead atoms. The van der Waals surface area contributed by atoms with Crippen molar-refractivity contribution in [2.24, 2.45) is 0 Å². The van der Waals surface area contributed by atoms with Gasteiger partial charge >= 0.3 is 35.5 Å². The second-order valence-corrected chi connectivity index (χ2v) is 2.67. The van der Waals surface area contributed by atoms with Gasteiger partial charge in [-0.15, -0.1) is 0 Å². The van der Waals surface area contributed by atoms with E-state index in [0.29, 0.717) is 5.56 Å². The van der Waals surface area contributed by atoms with Gasteiger partial charge in [-0.3, -0.25) is 14.9 Å². The molecule has 15 heavy (non-hydrogen) atoms. The van der Waals surface area contributed by atoms with Crippen LogP contribution in [-0.4, -0.2) is 10.9 Å². The number of benzene rings is 1. The summed E-state index contributed by atoms with van der Waals surface area (Å²) in [6.45, 7) is 1.20. The maximum Gasteiger partial charge on any atom is 1.00 e. The molecule has 0 N–H and O–H groups in total. The van der Waals surface area contributed by atoms with Gasteiger partial charge in [0.25, 0.3) is 5.69 Å². The van der Waals surface area contributed by atoms with E-state index in [1.807, 2.05) is 0 Å². The van der Waals surface area contributed by atoms with Crippen LogP contribution in [0.3, 0.4) is 0 Å². The van der Waals surface area contributed by atoms with E-state index in [1.165, 1.54) is 13.0 Å². The summed E-state index contributed by atoms with van der Waals surface area (Å²) in [7, 11) is 0. The minimum Gasteiger partial charge on any atom is -1.00 e. The summed E-state index contributed by atoms with van der Waals surface area (Å²) in [5.41, 5.74) is 0.362. The van der Waals surface area contributed by atoms with Crippen LogP contribution in [0.4, 0.5) is 5.69 Å². The number of rotatable bonds is 3. The zero-order valence-electron chi connectivity index (χ0n) is 9.60. The summed E-state index contributed by atoms with van der Waals surface area (Å²) in [5, 5.41) is 10.5. The fourth-order valence-electron chi connectivity index (χ4n) is 0.990. The molecular formula is C9H10NNaO4. The molecule has 0 amide bonds. The minimum absolute atomic E-state index is 0. The van der Waals surface area contributed by atoms with Crippen molar-refractivity contribution < 1.29 is 45.4 Å². The number of carbonyl (C=O) groups is 1. The number of hydrogen-bond donors (Lipinski definition) is 0. The van der Waals surface area contributed by atoms with Crippen LogP contribution in [0.5, 0.6) is 0 Å². The topological polar surface area (TPSA) is 69.4 Å². The number of hydrogen-bond acceptors (Lipinski definition) is 4. The molecule has 0 heterocycles. The van der Waals surface area contributed by atoms with Gasteiger partial charge in [0.2, 0.25) is 0 Å². The third-order valence-corrected chi connectivity index (χ3v) is 1.62. The van der Waals surface area contributed by atoms with Gasteiger partial charge in [0.05, 0.1) is 10.5 Å². The Bertz CT molecular complexity index is 372. The Morgan fingerprint density at radius 3 is 2.67 bits per heavy atom. The van der Waals surface area contributed by atoms with E-state index < -0.39 is 10.9 Å². The standard InChI is InChI=1S/C9H9NO4.Na.H/c1-7(11)14-6-8-4-2-3-5-9(8)10(12)13;;/h2-5H,6H2,1H3;;/q;+1;-1. The number of esters is 1. The van der Waals surface area contributed by atoms with E-state index >= 15 is 0 Å². The van der Waals surface area contributed by atoms with Gasteiger partial charge in [0, 0.05) is 13.0 Å². The number of para-hydroxylation sites is 1. The first-order chi connectivity index (χ1) is 6.61. The van der Waals surface area contributed by atoms with Crippen LogP contribution in [0.1, 0.15) is 13.9 Å². The second-order valence-electron chi connectivity index (χ2n) is 2.67. The van der Waals surface area contributed by atoms with Gasteiger partial charge in [-0.2, -0.15) is 0 Å². The molecule has 0 aliphatic heterocycles. The summed E-state index contributed by atoms with van der Waals surface area (Å²) in [4.78, 5) is 20.5. The smallest absolute Gasteiger partial charge is 1.00 e. The molecule has 1 aromatic rings. The van der Waals surface area contributed by atoms with Gasteiger partial charge in [-0.05, 0) is 6.07 Å². The van der Waals surface area contributed by atoms with Crippen molar-refractivity contribution in [1.82, 2.24) is 0 Å². The summed E-state index contributed by atoms with van der Waals surface area (Å²) in [5.74, 6) is -0.455. The Kier molecular flexibility index (Phi) is 6.15. The van der Waals surface area contributed by atoms with E-state index in [1.54, 1.807) is 18.2 Å². The molecule has 0 atom stereocenters. The molecule has 1 rings (SSSR count). The Hall–Kier alpha value is -0.910. The van der Waals surface area contributed by atoms with Gasteiger partial charge < -0.3 is 6.16 Å². The van der Waals surface area contributed by atoms with Gasteiger partial charge in [-0.1, -0.05) is 12.1 Å². The van der Waals surface area contributed by atoms with Crippen LogP contribution in [0, 0.1) is 10.1 Å². The number of nitro benzene ring substituents is 1. The van der Waals surface area contributed by atoms with E-state index in [2.05, 4.69) is 4.74 Å². The zero-order chi connectivity index (χ0) is 10.6. The van der Waals surface area contributed by atoms with Crippen molar-refractivity contribution in [3.63, 3.8) is 0 Å². The average molecular weight is 219 g/mol. The van der Waals surface area contributed by atoms with Crippen LogP contribution in [0.2, 0.25) is 0 Å². The maximum atomic E-state index is 10.5. The van der Waals surface area contributed by atoms with Gasteiger partial charge in [-0.25, -0.2) is 0 Å². The molecule has 0 fully saturated rings. The summed E-state index contributed by atoms with van der Waals surface area (Å²) < 4.78 is 4.68. The number of ether oxygens (including phenoxy) is 1. The van der Waals surface area contributed by atoms with Crippen molar-refractivity contribution in [2.45, 2.75) is 13.5 Å². The van der Waals surface area contributed by atoms with Crippen LogP contribution in [-0.2, 0) is 16.1 Å². The SMILES string of the molecule is CC(=O)OCc1ccccc1[N+](=O)[O-].[H-].[Na+]. The van der Waals surface area contributed by atoms with E-state index in [0.717, 1.165) is 0 Å². The molecule has 0 aromatic heterocycles. The molecule has 0 unspecified atom stereocenters. The second kappa shape index (κ2) is 6.55. The quantitative estimate of drug-likeness (QED) is 0.276. The Morgan fingerprint density at radius 2 is 2.13 bits per heavy atom. The number of carbonyl (C=O) groups excluding carboxylic acids is 1. The van der Waals surface area contributed by atoms with Crippen molar-refractivity contribution in [1.29, 1.82) is 0 Å². The number of nitro groups is 1. The molecule has 0 aliphatic carbocycles. The first-order valence-electron chi connectivity index (χ1n) is 3.97. The van der Waals surface area contributed by atoms with Crippen molar-refractivity contribution >= 4 is 11.7 Å². The molecule has 6 heteroatoms. The zero-order valence-corrected chi connectivity index (χ0v) is 10.6. The van der Waals surface area contributed by atoms with E-state index in [9.17, 15) is 14.9 Å². The fraction of sp³-hybridized carbons (Fsp3) is 0.222. The molecule has 1 aromatic carbocycles. The maximum absolute atomic E-state index is 10.5. The molecule has 76 valence electrons. The number of nitrogens with zero attached hydrogens (tertiary/aromatic N) is 1. The van der Waals surface area contributed by atoms with Crippen LogP contribution in [0.25, 0.3) is 0 Å². The van der Waals surface area contributed by atoms with Gasteiger partial charge in [0.15, 0.2) is 0 Å². The average Bonchev–Trinajstić information content (AvgIpc) is 2.15. The van der Waals surface area contributed by atoms with Crippen molar-refractivity contribution in [2.75, 3.05) is 0 Å². The molecule has 0 radical (unpaired) electrons. The molecule has 0 saturated heterocycles.